The highest BCUT2D eigenvalue weighted by Crippen LogP contribution is 2.39. The number of piperidine rings is 6. The fraction of sp³-hybridized carbons (Fsp3) is 0.367. The molecule has 6 aromatic rings. The lowest BCUT2D eigenvalue weighted by Crippen LogP contribution is -3.20. The minimum atomic E-state index is -1.59. The van der Waals surface area contributed by atoms with Crippen molar-refractivity contribution in [2.75, 3.05) is 54.0 Å². The highest BCUT2D eigenvalue weighted by Gasteiger charge is 2.47. The number of quaternary nitrogens is 2. The fourth-order valence-corrected chi connectivity index (χ4v) is 12.4. The smallest absolute Gasteiger partial charge is 0.231 e. The molecule has 4 aromatic carbocycles. The molecule has 11 atom stereocenters. The maximum Gasteiger partial charge on any atom is 0.231 e. The minimum Gasteiger partial charge on any atom is -0.549 e. The van der Waals surface area contributed by atoms with Crippen molar-refractivity contribution in [3.8, 4) is 34.5 Å². The van der Waals surface area contributed by atoms with Gasteiger partial charge in [-0.1, -0.05) is 24.3 Å². The number of aliphatic hydroxyl groups excluding tert-OH is 2. The predicted molar refractivity (Wildman–Crippen MR) is 279 cm³/mol. The number of aromatic nitrogens is 2. The number of aliphatic hydroxyl groups is 2. The Bertz CT molecular complexity index is 3030. The second kappa shape index (κ2) is 22.8. The molecule has 0 aliphatic carbocycles. The summed E-state index contributed by atoms with van der Waals surface area (Å²) < 4.78 is 31.7. The van der Waals surface area contributed by atoms with Gasteiger partial charge in [0.25, 0.3) is 0 Å². The summed E-state index contributed by atoms with van der Waals surface area (Å²) in [6, 6.07) is 25.8. The summed E-state index contributed by atoms with van der Waals surface area (Å²) in [4.78, 5) is 35.3. The van der Waals surface area contributed by atoms with Crippen LogP contribution in [0.25, 0.3) is 27.9 Å². The van der Waals surface area contributed by atoms with Crippen LogP contribution in [0.1, 0.15) is 60.1 Å². The third-order valence-corrected chi connectivity index (χ3v) is 16.5. The summed E-state index contributed by atoms with van der Waals surface area (Å²) in [6.07, 6.45) is 12.7. The van der Waals surface area contributed by atoms with Gasteiger partial charge in [-0.15, -0.1) is 13.2 Å². The van der Waals surface area contributed by atoms with E-state index in [9.17, 15) is 30.0 Å². The van der Waals surface area contributed by atoms with Crippen molar-refractivity contribution in [2.24, 2.45) is 29.6 Å². The van der Waals surface area contributed by atoms with Crippen LogP contribution in [-0.2, 0) is 16.0 Å². The molecule has 4 bridgehead atoms. The van der Waals surface area contributed by atoms with E-state index in [1.54, 1.807) is 63.0 Å². The number of rotatable bonds is 14. The Labute approximate surface area is 441 Å². The Balaban J connectivity index is 0.000000130. The number of carbonyl (C=O) groups is 2. The first kappa shape index (κ1) is 52.0. The molecule has 0 radical (unpaired) electrons. The zero-order chi connectivity index (χ0) is 53.0. The zero-order valence-electron chi connectivity index (χ0n) is 42.7. The van der Waals surface area contributed by atoms with Crippen molar-refractivity contribution >= 4 is 39.8 Å². The fourth-order valence-electron chi connectivity index (χ4n) is 12.4. The van der Waals surface area contributed by atoms with Crippen LogP contribution in [0.15, 0.2) is 128 Å². The van der Waals surface area contributed by atoms with E-state index in [0.29, 0.717) is 57.8 Å². The molecule has 2 unspecified atom stereocenters. The lowest BCUT2D eigenvalue weighted by molar-refractivity contribution is -0.949. The lowest BCUT2D eigenvalue weighted by Gasteiger charge is -2.47. The van der Waals surface area contributed by atoms with Crippen LogP contribution in [0.3, 0.4) is 0 Å². The van der Waals surface area contributed by atoms with Gasteiger partial charge < -0.3 is 68.2 Å². The molecule has 10 heterocycles. The number of carboxylic acid groups (broad SMARTS) is 2. The van der Waals surface area contributed by atoms with Gasteiger partial charge in [-0.05, 0) is 125 Å². The van der Waals surface area contributed by atoms with Crippen molar-refractivity contribution in [2.45, 2.75) is 56.4 Å². The van der Waals surface area contributed by atoms with Gasteiger partial charge in [-0.2, -0.15) is 0 Å². The van der Waals surface area contributed by atoms with Crippen LogP contribution in [0.2, 0.25) is 0 Å². The van der Waals surface area contributed by atoms with E-state index < -0.39 is 35.6 Å². The summed E-state index contributed by atoms with van der Waals surface area (Å²) in [5.41, 5.74) is 4.36. The van der Waals surface area contributed by atoms with Crippen molar-refractivity contribution in [3.63, 3.8) is 0 Å². The third kappa shape index (κ3) is 10.8. The molecule has 0 amide bonds. The summed E-state index contributed by atoms with van der Waals surface area (Å²) >= 11 is 0. The number of nitrogens with zero attached hydrogens (tertiary/aromatic N) is 2. The van der Waals surface area contributed by atoms with E-state index in [1.165, 1.54) is 28.7 Å². The molecule has 76 heavy (non-hydrogen) atoms. The molecule has 6 saturated heterocycles. The molecule has 6 fully saturated rings. The number of pyridine rings is 2. The van der Waals surface area contributed by atoms with E-state index in [2.05, 4.69) is 35.3 Å². The van der Waals surface area contributed by atoms with E-state index in [-0.39, 0.29) is 32.1 Å². The first-order valence-corrected chi connectivity index (χ1v) is 26.0. The van der Waals surface area contributed by atoms with Gasteiger partial charge in [0.15, 0.2) is 23.0 Å². The van der Waals surface area contributed by atoms with Crippen molar-refractivity contribution in [1.29, 1.82) is 0 Å². The minimum absolute atomic E-state index is 0.0711. The lowest BCUT2D eigenvalue weighted by atomic mass is 9.73. The summed E-state index contributed by atoms with van der Waals surface area (Å²) in [7, 11) is 3.33. The molecule has 396 valence electrons. The molecule has 14 rings (SSSR count). The topological polar surface area (TPSA) is 211 Å². The van der Waals surface area contributed by atoms with Crippen LogP contribution >= 0.6 is 0 Å². The molecule has 16 nitrogen and oxygen atoms in total. The van der Waals surface area contributed by atoms with Gasteiger partial charge >= 0.3 is 0 Å². The number of nitrogens with one attached hydrogen (secondary N) is 2. The number of carboxylic acids is 2. The second-order valence-corrected chi connectivity index (χ2v) is 20.5. The van der Waals surface area contributed by atoms with Crippen molar-refractivity contribution in [1.82, 2.24) is 9.97 Å². The van der Waals surface area contributed by atoms with Crippen molar-refractivity contribution in [3.05, 3.63) is 150 Å². The molecule has 2 aromatic heterocycles. The third-order valence-electron chi connectivity index (χ3n) is 16.5. The maximum absolute atomic E-state index is 11.7. The summed E-state index contributed by atoms with van der Waals surface area (Å²) in [5, 5.41) is 47.7. The highest BCUT2D eigenvalue weighted by atomic mass is 16.7. The number of hydrogen-bond donors (Lipinski definition) is 4. The molecule has 0 spiro atoms. The summed E-state index contributed by atoms with van der Waals surface area (Å²) in [5.74, 6) is 1.62. The molecule has 8 aliphatic heterocycles. The zero-order valence-corrected chi connectivity index (χ0v) is 42.7. The Morgan fingerprint density at radius 3 is 1.64 bits per heavy atom. The number of aliphatic carboxylic acids is 2. The van der Waals surface area contributed by atoms with Gasteiger partial charge in [0.2, 0.25) is 13.6 Å². The van der Waals surface area contributed by atoms with Crippen LogP contribution in [0.4, 0.5) is 0 Å². The number of ether oxygens (including phenoxy) is 6. The van der Waals surface area contributed by atoms with Gasteiger partial charge in [-0.3, -0.25) is 9.97 Å². The van der Waals surface area contributed by atoms with Gasteiger partial charge in [0.1, 0.15) is 35.8 Å². The average molecular weight is 1030 g/mol. The normalized spacial score (nSPS) is 24.8. The summed E-state index contributed by atoms with van der Waals surface area (Å²) in [6.45, 7) is 12.6. The molecular weight excluding hydrogens is 969 g/mol. The Morgan fingerprint density at radius 1 is 0.684 bits per heavy atom. The molecule has 16 heteroatoms. The number of methoxy groups -OCH3 is 2. The molecular formula is C60H64N4O12. The standard InChI is InChI=1S/2C20H24N2O2.C20H16O8/c2*1-3-13-12-22-9-7-14(13)10-19(22)20(23)16-6-8-21-18-5-4-15(24-2)11-17(16)18;21-19(22)13(5-11-1-3-15-17(7-11)27-9-25-15)14(20(23)24)6-12-2-4-16-18(8-12)28-10-26-16/h2*3-6,8,11,13-14,19-20,23H,1,7,9-10,12H2,2H3;1-5,7-8,14H,6,9-10H2,(H,21,22)(H,23,24)/t2*13-,14-,19-,20+;14-/m000/s1. The molecule has 0 saturated carbocycles. The SMILES string of the molecule is C=C[C@H]1C[NH+]2CC[C@H]1C[C@H]2[C@H](O)c1ccnc2ccc(OC)cc12.C=C[C@H]1C[NH+]2CC[C@H]1C[C@H]2[C@H](O)c1ccnc2ccc(OC)cc12.O=C([O-])C(=Cc1ccc2c(c1)OCO2)[C@H](Cc1ccc2c(c1)OCO2)C(=O)[O-]. The van der Waals surface area contributed by atoms with E-state index in [1.807, 2.05) is 48.5 Å². The van der Waals surface area contributed by atoms with Gasteiger partial charge in [0.05, 0.1) is 57.4 Å². The van der Waals surface area contributed by atoms with Crippen LogP contribution in [0.5, 0.6) is 34.5 Å². The number of carbonyl (C=O) groups excluding carboxylic acids is 2. The first-order valence-electron chi connectivity index (χ1n) is 26.0. The second-order valence-electron chi connectivity index (χ2n) is 20.5. The van der Waals surface area contributed by atoms with Crippen molar-refractivity contribution < 1.29 is 68.2 Å². The van der Waals surface area contributed by atoms with E-state index in [4.69, 9.17) is 28.4 Å². The first-order chi connectivity index (χ1) is 36.9. The quantitative estimate of drug-likeness (QED) is 0.0911. The Morgan fingerprint density at radius 2 is 1.18 bits per heavy atom. The monoisotopic (exact) mass is 1030 g/mol. The van der Waals surface area contributed by atoms with Crippen LogP contribution < -0.4 is 48.4 Å². The number of fused-ring (bicyclic) bond motifs is 10. The number of hydrogen-bond acceptors (Lipinski definition) is 14. The number of benzene rings is 4. The predicted octanol–water partition coefficient (Wildman–Crippen LogP) is 3.40. The van der Waals surface area contributed by atoms with E-state index in [0.717, 1.165) is 83.5 Å². The average Bonchev–Trinajstić information content (AvgIpc) is 4.16. The van der Waals surface area contributed by atoms with Gasteiger partial charge in [0, 0.05) is 72.6 Å². The largest absolute Gasteiger partial charge is 0.549 e. The Kier molecular flexibility index (Phi) is 15.6. The molecule has 4 N–H and O–H groups in total. The Hall–Kier alpha value is -7.50. The highest BCUT2D eigenvalue weighted by molar-refractivity contribution is 5.97. The molecule has 8 aliphatic rings. The van der Waals surface area contributed by atoms with Crippen LogP contribution in [-0.4, -0.2) is 98.2 Å². The van der Waals surface area contributed by atoms with Crippen LogP contribution in [0, 0.1) is 29.6 Å². The van der Waals surface area contributed by atoms with Gasteiger partial charge in [-0.25, -0.2) is 0 Å². The van der Waals surface area contributed by atoms with E-state index >= 15 is 0 Å². The maximum atomic E-state index is 11.7.